The molecule has 0 N–H and O–H groups in total. The van der Waals surface area contributed by atoms with Crippen LogP contribution >= 0.6 is 27.7 Å². The largest absolute Gasteiger partial charge is 0.294 e. The summed E-state index contributed by atoms with van der Waals surface area (Å²) in [6.45, 7) is 6.94. The molecular formula is C13H18BrNS. The topological polar surface area (TPSA) is 3.24 Å². The van der Waals surface area contributed by atoms with Crippen molar-refractivity contribution in [2.24, 2.45) is 0 Å². The lowest BCUT2D eigenvalue weighted by atomic mass is 10.1. The van der Waals surface area contributed by atoms with Crippen LogP contribution in [0, 0.1) is 0 Å². The minimum Gasteiger partial charge on any atom is -0.294 e. The van der Waals surface area contributed by atoms with Crippen LogP contribution in [-0.2, 0) is 6.54 Å². The van der Waals surface area contributed by atoms with Crippen LogP contribution < -0.4 is 0 Å². The van der Waals surface area contributed by atoms with E-state index in [1.807, 2.05) is 0 Å². The summed E-state index contributed by atoms with van der Waals surface area (Å²) in [5.41, 5.74) is 1.40. The van der Waals surface area contributed by atoms with Gasteiger partial charge < -0.3 is 0 Å². The summed E-state index contributed by atoms with van der Waals surface area (Å²) >= 11 is 5.72. The predicted octanol–water partition coefficient (Wildman–Crippen LogP) is 3.77. The normalized spacial score (nSPS) is 26.9. The van der Waals surface area contributed by atoms with E-state index in [0.29, 0.717) is 6.04 Å². The quantitative estimate of drug-likeness (QED) is 0.818. The molecule has 1 heterocycles. The van der Waals surface area contributed by atoms with E-state index in [2.05, 4.69) is 70.7 Å². The van der Waals surface area contributed by atoms with Crippen LogP contribution in [0.3, 0.4) is 0 Å². The van der Waals surface area contributed by atoms with Gasteiger partial charge in [0.2, 0.25) is 0 Å². The molecule has 1 nitrogen and oxygen atoms in total. The molecule has 0 aliphatic carbocycles. The van der Waals surface area contributed by atoms with Gasteiger partial charge in [-0.2, -0.15) is 11.8 Å². The van der Waals surface area contributed by atoms with E-state index in [4.69, 9.17) is 0 Å². The summed E-state index contributed by atoms with van der Waals surface area (Å²) in [5.74, 6) is 1.26. The molecule has 88 valence electrons. The van der Waals surface area contributed by atoms with Crippen LogP contribution in [0.1, 0.15) is 19.4 Å². The predicted molar refractivity (Wildman–Crippen MR) is 75.9 cm³/mol. The smallest absolute Gasteiger partial charge is 0.0248 e. The van der Waals surface area contributed by atoms with Crippen molar-refractivity contribution >= 4 is 27.7 Å². The number of benzene rings is 1. The zero-order chi connectivity index (χ0) is 11.5. The van der Waals surface area contributed by atoms with E-state index in [1.165, 1.54) is 22.3 Å². The molecule has 0 amide bonds. The molecule has 0 radical (unpaired) electrons. The fraction of sp³-hybridized carbons (Fsp3) is 0.538. The SMILES string of the molecule is CC1SCCN(Cc2ccccc2Br)C1C. The molecule has 2 unspecified atom stereocenters. The van der Waals surface area contributed by atoms with Crippen molar-refractivity contribution in [3.05, 3.63) is 34.3 Å². The molecule has 2 rings (SSSR count). The maximum Gasteiger partial charge on any atom is 0.0248 e. The lowest BCUT2D eigenvalue weighted by Gasteiger charge is -2.37. The Morgan fingerprint density at radius 2 is 2.12 bits per heavy atom. The first-order valence-electron chi connectivity index (χ1n) is 5.77. The fourth-order valence-corrected chi connectivity index (χ4v) is 3.64. The van der Waals surface area contributed by atoms with Crippen LogP contribution in [0.2, 0.25) is 0 Å². The molecule has 16 heavy (non-hydrogen) atoms. The molecule has 0 saturated carbocycles. The first-order chi connectivity index (χ1) is 7.68. The third-order valence-electron chi connectivity index (χ3n) is 3.35. The molecule has 1 aliphatic rings. The summed E-state index contributed by atoms with van der Waals surface area (Å²) in [4.78, 5) is 2.58. The Labute approximate surface area is 111 Å². The van der Waals surface area contributed by atoms with E-state index in [1.54, 1.807) is 0 Å². The van der Waals surface area contributed by atoms with E-state index >= 15 is 0 Å². The molecule has 1 aromatic carbocycles. The molecule has 1 aliphatic heterocycles. The molecule has 2 atom stereocenters. The highest BCUT2D eigenvalue weighted by molar-refractivity contribution is 9.10. The molecule has 3 heteroatoms. The molecule has 1 fully saturated rings. The standard InChI is InChI=1S/C13H18BrNS/c1-10-11(2)16-8-7-15(10)9-12-5-3-4-6-13(12)14/h3-6,10-11H,7-9H2,1-2H3. The average Bonchev–Trinajstić information content (AvgIpc) is 2.28. The van der Waals surface area contributed by atoms with Gasteiger partial charge in [0.25, 0.3) is 0 Å². The minimum atomic E-state index is 0.672. The van der Waals surface area contributed by atoms with Crippen LogP contribution in [0.25, 0.3) is 0 Å². The Kier molecular flexibility index (Phi) is 4.34. The van der Waals surface area contributed by atoms with Crippen molar-refractivity contribution < 1.29 is 0 Å². The van der Waals surface area contributed by atoms with Gasteiger partial charge in [0, 0.05) is 34.6 Å². The lowest BCUT2D eigenvalue weighted by Crippen LogP contribution is -2.43. The number of nitrogens with zero attached hydrogens (tertiary/aromatic N) is 1. The minimum absolute atomic E-state index is 0.672. The van der Waals surface area contributed by atoms with Gasteiger partial charge >= 0.3 is 0 Å². The number of hydrogen-bond acceptors (Lipinski definition) is 2. The van der Waals surface area contributed by atoms with E-state index in [0.717, 1.165) is 11.8 Å². The van der Waals surface area contributed by atoms with Crippen LogP contribution in [0.4, 0.5) is 0 Å². The Hall–Kier alpha value is 0.01000. The molecule has 1 saturated heterocycles. The van der Waals surface area contributed by atoms with Gasteiger partial charge in [-0.1, -0.05) is 41.1 Å². The fourth-order valence-electron chi connectivity index (χ4n) is 2.06. The van der Waals surface area contributed by atoms with Gasteiger partial charge in [0.05, 0.1) is 0 Å². The molecule has 0 spiro atoms. The Morgan fingerprint density at radius 3 is 2.88 bits per heavy atom. The summed E-state index contributed by atoms with van der Waals surface area (Å²) in [6.07, 6.45) is 0. The van der Waals surface area contributed by atoms with Crippen molar-refractivity contribution in [3.63, 3.8) is 0 Å². The van der Waals surface area contributed by atoms with Crippen molar-refractivity contribution in [2.45, 2.75) is 31.7 Å². The number of halogens is 1. The number of hydrogen-bond donors (Lipinski definition) is 0. The van der Waals surface area contributed by atoms with Gasteiger partial charge in [-0.25, -0.2) is 0 Å². The summed E-state index contributed by atoms with van der Waals surface area (Å²) in [5, 5.41) is 0.747. The van der Waals surface area contributed by atoms with Crippen LogP contribution in [0.15, 0.2) is 28.7 Å². The highest BCUT2D eigenvalue weighted by Gasteiger charge is 2.25. The average molecular weight is 300 g/mol. The molecular weight excluding hydrogens is 282 g/mol. The first-order valence-corrected chi connectivity index (χ1v) is 7.61. The van der Waals surface area contributed by atoms with Crippen LogP contribution in [0.5, 0.6) is 0 Å². The summed E-state index contributed by atoms with van der Waals surface area (Å²) in [7, 11) is 0. The van der Waals surface area contributed by atoms with E-state index in [9.17, 15) is 0 Å². The summed E-state index contributed by atoms with van der Waals surface area (Å²) in [6, 6.07) is 9.20. The van der Waals surface area contributed by atoms with Gasteiger partial charge in [-0.05, 0) is 18.6 Å². The Balaban J connectivity index is 2.06. The Bertz CT molecular complexity index is 356. The van der Waals surface area contributed by atoms with Gasteiger partial charge in [0.1, 0.15) is 0 Å². The molecule has 0 aromatic heterocycles. The molecule has 0 bridgehead atoms. The van der Waals surface area contributed by atoms with Crippen LogP contribution in [-0.4, -0.2) is 28.5 Å². The van der Waals surface area contributed by atoms with Crippen molar-refractivity contribution in [2.75, 3.05) is 12.3 Å². The second kappa shape index (κ2) is 5.56. The maximum atomic E-state index is 3.63. The number of rotatable bonds is 2. The second-order valence-corrected chi connectivity index (χ2v) is 6.72. The number of thioether (sulfide) groups is 1. The second-order valence-electron chi connectivity index (χ2n) is 4.38. The van der Waals surface area contributed by atoms with Gasteiger partial charge in [-0.3, -0.25) is 4.90 Å². The summed E-state index contributed by atoms with van der Waals surface area (Å²) < 4.78 is 1.23. The third-order valence-corrected chi connectivity index (χ3v) is 5.46. The first kappa shape index (κ1) is 12.5. The zero-order valence-electron chi connectivity index (χ0n) is 9.82. The van der Waals surface area contributed by atoms with Crippen molar-refractivity contribution in [1.82, 2.24) is 4.90 Å². The third kappa shape index (κ3) is 2.82. The maximum absolute atomic E-state index is 3.63. The Morgan fingerprint density at radius 1 is 1.38 bits per heavy atom. The highest BCUT2D eigenvalue weighted by atomic mass is 79.9. The van der Waals surface area contributed by atoms with Crippen molar-refractivity contribution in [3.8, 4) is 0 Å². The highest BCUT2D eigenvalue weighted by Crippen LogP contribution is 2.27. The van der Waals surface area contributed by atoms with Gasteiger partial charge in [0.15, 0.2) is 0 Å². The van der Waals surface area contributed by atoms with E-state index in [-0.39, 0.29) is 0 Å². The lowest BCUT2D eigenvalue weighted by molar-refractivity contribution is 0.204. The molecule has 1 aromatic rings. The monoisotopic (exact) mass is 299 g/mol. The zero-order valence-corrected chi connectivity index (χ0v) is 12.2. The van der Waals surface area contributed by atoms with Gasteiger partial charge in [-0.15, -0.1) is 0 Å². The van der Waals surface area contributed by atoms with Crippen molar-refractivity contribution in [1.29, 1.82) is 0 Å². The van der Waals surface area contributed by atoms with E-state index < -0.39 is 0 Å².